The molecule has 108 valence electrons. The summed E-state index contributed by atoms with van der Waals surface area (Å²) in [6.45, 7) is 0. The zero-order valence-corrected chi connectivity index (χ0v) is 10.5. The van der Waals surface area contributed by atoms with E-state index in [0.29, 0.717) is 5.69 Å². The molecule has 0 aliphatic heterocycles. The first-order valence-corrected chi connectivity index (χ1v) is 5.69. The third-order valence-electron chi connectivity index (χ3n) is 2.57. The summed E-state index contributed by atoms with van der Waals surface area (Å²) in [6, 6.07) is 5.85. The molecule has 0 aliphatic carbocycles. The van der Waals surface area contributed by atoms with Gasteiger partial charge in [-0.3, -0.25) is 20.8 Å². The van der Waals surface area contributed by atoms with Crippen molar-refractivity contribution in [2.45, 2.75) is 0 Å². The van der Waals surface area contributed by atoms with Crippen molar-refractivity contribution in [1.29, 1.82) is 0 Å². The van der Waals surface area contributed by atoms with Crippen LogP contribution in [0.25, 0.3) is 0 Å². The third-order valence-corrected chi connectivity index (χ3v) is 2.57. The molecule has 0 bridgehead atoms. The van der Waals surface area contributed by atoms with Crippen LogP contribution in [0.4, 0.5) is 21.5 Å². The molecule has 0 radical (unpaired) electrons. The second kappa shape index (κ2) is 5.92. The standard InChI is InChI=1S/C12H10FN5O3/c13-9-5-8(18(20)21)2-4-10(9)16-12(19)11-3-1-7(17-14)6-15-11/h1-6,17H,14H2,(H,16,19). The highest BCUT2D eigenvalue weighted by Gasteiger charge is 2.14. The number of nitrogens with zero attached hydrogens (tertiary/aromatic N) is 2. The molecule has 0 aliphatic rings. The van der Waals surface area contributed by atoms with Crippen LogP contribution in [0.5, 0.6) is 0 Å². The molecule has 0 fully saturated rings. The predicted molar refractivity (Wildman–Crippen MR) is 73.1 cm³/mol. The number of pyridine rings is 1. The number of hydrogen-bond donors (Lipinski definition) is 3. The molecule has 1 aromatic carbocycles. The zero-order valence-electron chi connectivity index (χ0n) is 10.5. The summed E-state index contributed by atoms with van der Waals surface area (Å²) in [5.74, 6) is 3.61. The molecule has 0 spiro atoms. The van der Waals surface area contributed by atoms with Crippen LogP contribution in [-0.4, -0.2) is 15.8 Å². The number of anilines is 2. The maximum atomic E-state index is 13.6. The number of benzene rings is 1. The Labute approximate surface area is 117 Å². The number of non-ortho nitro benzene ring substituents is 1. The predicted octanol–water partition coefficient (Wildman–Crippen LogP) is 1.67. The van der Waals surface area contributed by atoms with Crippen molar-refractivity contribution in [2.75, 3.05) is 10.7 Å². The van der Waals surface area contributed by atoms with E-state index < -0.39 is 22.3 Å². The first-order chi connectivity index (χ1) is 10.0. The average molecular weight is 291 g/mol. The van der Waals surface area contributed by atoms with Gasteiger partial charge in [-0.05, 0) is 18.2 Å². The number of aromatic nitrogens is 1. The number of rotatable bonds is 4. The van der Waals surface area contributed by atoms with E-state index in [1.807, 2.05) is 0 Å². The number of hydrazine groups is 1. The number of nitrogens with two attached hydrogens (primary N) is 1. The van der Waals surface area contributed by atoms with E-state index in [4.69, 9.17) is 5.84 Å². The van der Waals surface area contributed by atoms with Gasteiger partial charge >= 0.3 is 0 Å². The summed E-state index contributed by atoms with van der Waals surface area (Å²) < 4.78 is 13.6. The van der Waals surface area contributed by atoms with Gasteiger partial charge in [-0.15, -0.1) is 0 Å². The fourth-order valence-corrected chi connectivity index (χ4v) is 1.52. The van der Waals surface area contributed by atoms with Crippen LogP contribution in [0, 0.1) is 15.9 Å². The van der Waals surface area contributed by atoms with Gasteiger partial charge < -0.3 is 10.7 Å². The Morgan fingerprint density at radius 1 is 1.33 bits per heavy atom. The fraction of sp³-hybridized carbons (Fsp3) is 0. The van der Waals surface area contributed by atoms with E-state index in [2.05, 4.69) is 15.7 Å². The Bertz CT molecular complexity index is 690. The lowest BCUT2D eigenvalue weighted by molar-refractivity contribution is -0.385. The molecule has 0 saturated carbocycles. The molecular weight excluding hydrogens is 281 g/mol. The van der Waals surface area contributed by atoms with Crippen molar-refractivity contribution in [3.63, 3.8) is 0 Å². The van der Waals surface area contributed by atoms with E-state index in [9.17, 15) is 19.3 Å². The minimum atomic E-state index is -0.905. The van der Waals surface area contributed by atoms with Crippen molar-refractivity contribution < 1.29 is 14.1 Å². The Kier molecular flexibility index (Phi) is 4.05. The van der Waals surface area contributed by atoms with Gasteiger partial charge in [0, 0.05) is 6.07 Å². The number of carbonyl (C=O) groups excluding carboxylic acids is 1. The number of nitro benzene ring substituents is 1. The van der Waals surface area contributed by atoms with Crippen molar-refractivity contribution in [1.82, 2.24) is 4.98 Å². The third kappa shape index (κ3) is 3.28. The lowest BCUT2D eigenvalue weighted by atomic mass is 10.2. The summed E-state index contributed by atoms with van der Waals surface area (Å²) in [7, 11) is 0. The highest BCUT2D eigenvalue weighted by molar-refractivity contribution is 6.03. The molecule has 4 N–H and O–H groups in total. The largest absolute Gasteiger partial charge is 0.323 e. The molecule has 0 unspecified atom stereocenters. The van der Waals surface area contributed by atoms with Crippen LogP contribution in [0.3, 0.4) is 0 Å². The first-order valence-electron chi connectivity index (χ1n) is 5.69. The van der Waals surface area contributed by atoms with Gasteiger partial charge in [0.2, 0.25) is 0 Å². The monoisotopic (exact) mass is 291 g/mol. The molecular formula is C12H10FN5O3. The maximum Gasteiger partial charge on any atom is 0.274 e. The zero-order chi connectivity index (χ0) is 15.4. The first kappa shape index (κ1) is 14.3. The summed E-state index contributed by atoms with van der Waals surface area (Å²) in [5, 5.41) is 12.8. The van der Waals surface area contributed by atoms with Gasteiger partial charge in [-0.1, -0.05) is 0 Å². The second-order valence-corrected chi connectivity index (χ2v) is 3.95. The number of halogens is 1. The highest BCUT2D eigenvalue weighted by Crippen LogP contribution is 2.21. The van der Waals surface area contributed by atoms with Gasteiger partial charge in [0.15, 0.2) is 5.82 Å². The van der Waals surface area contributed by atoms with Crippen LogP contribution in [0.2, 0.25) is 0 Å². The molecule has 0 atom stereocenters. The number of nitro groups is 1. The topological polar surface area (TPSA) is 123 Å². The minimum absolute atomic E-state index is 0.0479. The van der Waals surface area contributed by atoms with Crippen LogP contribution < -0.4 is 16.6 Å². The van der Waals surface area contributed by atoms with Gasteiger partial charge in [0.05, 0.1) is 28.6 Å². The Morgan fingerprint density at radius 3 is 2.62 bits per heavy atom. The molecule has 21 heavy (non-hydrogen) atoms. The maximum absolute atomic E-state index is 13.6. The Hall–Kier alpha value is -3.07. The van der Waals surface area contributed by atoms with Crippen molar-refractivity contribution in [3.05, 3.63) is 58.2 Å². The average Bonchev–Trinajstić information content (AvgIpc) is 2.49. The highest BCUT2D eigenvalue weighted by atomic mass is 19.1. The quantitative estimate of drug-likeness (QED) is 0.447. The lowest BCUT2D eigenvalue weighted by Crippen LogP contribution is -2.15. The summed E-state index contributed by atoms with van der Waals surface area (Å²) in [4.78, 5) is 25.5. The van der Waals surface area contributed by atoms with Gasteiger partial charge in [0.1, 0.15) is 5.69 Å². The number of nitrogens with one attached hydrogen (secondary N) is 2. The molecule has 1 amide bonds. The van der Waals surface area contributed by atoms with E-state index in [1.165, 1.54) is 18.3 Å². The lowest BCUT2D eigenvalue weighted by Gasteiger charge is -2.06. The van der Waals surface area contributed by atoms with Gasteiger partial charge in [-0.25, -0.2) is 9.37 Å². The van der Waals surface area contributed by atoms with Crippen LogP contribution >= 0.6 is 0 Å². The van der Waals surface area contributed by atoms with Crippen LogP contribution in [-0.2, 0) is 0 Å². The number of hydrogen-bond acceptors (Lipinski definition) is 6. The molecule has 8 nitrogen and oxygen atoms in total. The van der Waals surface area contributed by atoms with Gasteiger partial charge in [0.25, 0.3) is 11.6 Å². The number of carbonyl (C=O) groups is 1. The molecule has 2 aromatic rings. The molecule has 2 rings (SSSR count). The Balaban J connectivity index is 2.17. The summed E-state index contributed by atoms with van der Waals surface area (Å²) in [6.07, 6.45) is 1.33. The fourth-order valence-electron chi connectivity index (χ4n) is 1.52. The number of amides is 1. The van der Waals surface area contributed by atoms with Crippen LogP contribution in [0.15, 0.2) is 36.5 Å². The molecule has 9 heteroatoms. The van der Waals surface area contributed by atoms with Crippen molar-refractivity contribution in [3.8, 4) is 0 Å². The number of nitrogen functional groups attached to an aromatic ring is 1. The summed E-state index contributed by atoms with van der Waals surface area (Å²) in [5.41, 5.74) is 2.33. The van der Waals surface area contributed by atoms with E-state index in [1.54, 1.807) is 0 Å². The van der Waals surface area contributed by atoms with Gasteiger partial charge in [-0.2, -0.15) is 0 Å². The molecule has 0 saturated heterocycles. The Morgan fingerprint density at radius 2 is 2.10 bits per heavy atom. The SMILES string of the molecule is NNc1ccc(C(=O)Nc2ccc([N+](=O)[O-])cc2F)nc1. The van der Waals surface area contributed by atoms with E-state index in [-0.39, 0.29) is 11.4 Å². The summed E-state index contributed by atoms with van der Waals surface area (Å²) >= 11 is 0. The van der Waals surface area contributed by atoms with E-state index in [0.717, 1.165) is 18.2 Å². The molecule has 1 aromatic heterocycles. The van der Waals surface area contributed by atoms with Crippen molar-refractivity contribution >= 4 is 23.0 Å². The smallest absolute Gasteiger partial charge is 0.274 e. The molecule has 1 heterocycles. The van der Waals surface area contributed by atoms with Crippen LogP contribution in [0.1, 0.15) is 10.5 Å². The normalized spacial score (nSPS) is 10.0. The van der Waals surface area contributed by atoms with E-state index >= 15 is 0 Å². The minimum Gasteiger partial charge on any atom is -0.323 e. The van der Waals surface area contributed by atoms with Crippen molar-refractivity contribution in [2.24, 2.45) is 5.84 Å². The second-order valence-electron chi connectivity index (χ2n) is 3.95.